The molecular weight excluding hydrogens is 92.1 g/mol. The molecule has 0 bridgehead atoms. The zero-order valence-corrected chi connectivity index (χ0v) is 4.05. The van der Waals surface area contributed by atoms with E-state index in [2.05, 4.69) is 6.58 Å². The molecule has 7 heavy (non-hydrogen) atoms. The lowest BCUT2D eigenvalue weighted by atomic mass is 10.3. The van der Waals surface area contributed by atoms with E-state index in [0.29, 0.717) is 13.0 Å². The number of aliphatic hydroxyl groups is 1. The molecular formula is C5H8O2. The van der Waals surface area contributed by atoms with Gasteiger partial charge in [0.15, 0.2) is 6.29 Å². The first kappa shape index (κ1) is 4.81. The summed E-state index contributed by atoms with van der Waals surface area (Å²) in [6, 6.07) is 0. The monoisotopic (exact) mass is 100 g/mol. The van der Waals surface area contributed by atoms with E-state index in [1.54, 1.807) is 0 Å². The van der Waals surface area contributed by atoms with Crippen LogP contribution in [0.15, 0.2) is 12.2 Å². The predicted octanol–water partition coefficient (Wildman–Crippen LogP) is 0.281. The quantitative estimate of drug-likeness (QED) is 0.443. The highest BCUT2D eigenvalue weighted by Crippen LogP contribution is 2.12. The van der Waals surface area contributed by atoms with E-state index in [1.165, 1.54) is 0 Å². The Kier molecular flexibility index (Phi) is 1.13. The van der Waals surface area contributed by atoms with Crippen molar-refractivity contribution in [1.82, 2.24) is 0 Å². The number of aliphatic hydroxyl groups excluding tert-OH is 1. The summed E-state index contributed by atoms with van der Waals surface area (Å²) < 4.78 is 4.72. The average Bonchev–Trinajstić information content (AvgIpc) is 1.87. The van der Waals surface area contributed by atoms with Crippen LogP contribution in [0.5, 0.6) is 0 Å². The van der Waals surface area contributed by atoms with Gasteiger partial charge in [-0.25, -0.2) is 0 Å². The molecule has 0 radical (unpaired) electrons. The third kappa shape index (κ3) is 1.01. The highest BCUT2D eigenvalue weighted by atomic mass is 16.6. The first-order valence-corrected chi connectivity index (χ1v) is 2.25. The van der Waals surface area contributed by atoms with E-state index in [1.807, 2.05) is 0 Å². The van der Waals surface area contributed by atoms with E-state index in [0.717, 1.165) is 5.57 Å². The van der Waals surface area contributed by atoms with Gasteiger partial charge in [-0.15, -0.1) is 0 Å². The Balaban J connectivity index is 2.40. The Morgan fingerprint density at radius 2 is 2.57 bits per heavy atom. The van der Waals surface area contributed by atoms with Gasteiger partial charge in [0, 0.05) is 6.42 Å². The summed E-state index contributed by atoms with van der Waals surface area (Å²) in [6.45, 7) is 4.15. The molecule has 1 aliphatic rings. The number of rotatable bonds is 0. The van der Waals surface area contributed by atoms with Crippen LogP contribution in [0.4, 0.5) is 0 Å². The maximum absolute atomic E-state index is 8.62. The number of ether oxygens (including phenoxy) is 1. The lowest BCUT2D eigenvalue weighted by Crippen LogP contribution is -1.99. The molecule has 1 fully saturated rings. The van der Waals surface area contributed by atoms with Gasteiger partial charge in [-0.1, -0.05) is 6.58 Å². The molecule has 1 unspecified atom stereocenters. The maximum Gasteiger partial charge on any atom is 0.158 e. The van der Waals surface area contributed by atoms with Gasteiger partial charge in [-0.05, 0) is 5.57 Å². The Labute approximate surface area is 42.4 Å². The van der Waals surface area contributed by atoms with E-state index >= 15 is 0 Å². The topological polar surface area (TPSA) is 29.5 Å². The standard InChI is InChI=1S/C5H8O2/c1-4-2-5(6)7-3-4/h5-6H,1-3H2. The smallest absolute Gasteiger partial charge is 0.158 e. The van der Waals surface area contributed by atoms with Crippen LogP contribution in [0.2, 0.25) is 0 Å². The Bertz CT molecular complexity index is 88.1. The molecule has 0 aliphatic carbocycles. The second-order valence-corrected chi connectivity index (χ2v) is 1.72. The minimum absolute atomic E-state index is 0.529. The number of hydrogen-bond acceptors (Lipinski definition) is 2. The fourth-order valence-electron chi connectivity index (χ4n) is 0.579. The number of hydrogen-bond donors (Lipinski definition) is 1. The highest BCUT2D eigenvalue weighted by Gasteiger charge is 2.13. The molecule has 0 saturated carbocycles. The molecule has 2 nitrogen and oxygen atoms in total. The summed E-state index contributed by atoms with van der Waals surface area (Å²) in [7, 11) is 0. The lowest BCUT2D eigenvalue weighted by Gasteiger charge is -1.93. The van der Waals surface area contributed by atoms with Gasteiger partial charge >= 0.3 is 0 Å². The van der Waals surface area contributed by atoms with Crippen molar-refractivity contribution in [3.05, 3.63) is 12.2 Å². The fourth-order valence-corrected chi connectivity index (χ4v) is 0.579. The van der Waals surface area contributed by atoms with Gasteiger partial charge in [-0.2, -0.15) is 0 Å². The molecule has 0 aromatic carbocycles. The van der Waals surface area contributed by atoms with Gasteiger partial charge in [0.1, 0.15) is 0 Å². The highest BCUT2D eigenvalue weighted by molar-refractivity contribution is 4.98. The van der Waals surface area contributed by atoms with Gasteiger partial charge in [0.05, 0.1) is 6.61 Å². The van der Waals surface area contributed by atoms with Crippen LogP contribution in [0, 0.1) is 0 Å². The minimum atomic E-state index is -0.576. The first-order valence-electron chi connectivity index (χ1n) is 2.25. The van der Waals surface area contributed by atoms with Crippen molar-refractivity contribution in [2.45, 2.75) is 12.7 Å². The van der Waals surface area contributed by atoms with Crippen LogP contribution >= 0.6 is 0 Å². The molecule has 1 N–H and O–H groups in total. The van der Waals surface area contributed by atoms with Crippen molar-refractivity contribution < 1.29 is 9.84 Å². The molecule has 0 aromatic heterocycles. The van der Waals surface area contributed by atoms with E-state index < -0.39 is 6.29 Å². The van der Waals surface area contributed by atoms with Crippen molar-refractivity contribution in [2.24, 2.45) is 0 Å². The average molecular weight is 100 g/mol. The van der Waals surface area contributed by atoms with Crippen molar-refractivity contribution in [3.63, 3.8) is 0 Å². The van der Waals surface area contributed by atoms with Gasteiger partial charge < -0.3 is 9.84 Å². The molecule has 0 amide bonds. The fraction of sp³-hybridized carbons (Fsp3) is 0.600. The summed E-state index contributed by atoms with van der Waals surface area (Å²) in [6.07, 6.45) is 0.0347. The molecule has 2 heteroatoms. The van der Waals surface area contributed by atoms with Crippen LogP contribution in [-0.4, -0.2) is 18.0 Å². The second-order valence-electron chi connectivity index (χ2n) is 1.72. The maximum atomic E-state index is 8.62. The molecule has 1 atom stereocenters. The summed E-state index contributed by atoms with van der Waals surface area (Å²) in [5, 5.41) is 8.62. The third-order valence-corrected chi connectivity index (χ3v) is 0.943. The van der Waals surface area contributed by atoms with Crippen molar-refractivity contribution in [3.8, 4) is 0 Å². The first-order chi connectivity index (χ1) is 3.29. The largest absolute Gasteiger partial charge is 0.368 e. The Hall–Kier alpha value is -0.340. The lowest BCUT2D eigenvalue weighted by molar-refractivity contribution is -0.0587. The Morgan fingerprint density at radius 1 is 1.86 bits per heavy atom. The van der Waals surface area contributed by atoms with Crippen LogP contribution in [0.25, 0.3) is 0 Å². The van der Waals surface area contributed by atoms with Crippen LogP contribution in [0.1, 0.15) is 6.42 Å². The molecule has 40 valence electrons. The summed E-state index contributed by atoms with van der Waals surface area (Å²) >= 11 is 0. The zero-order chi connectivity index (χ0) is 5.28. The predicted molar refractivity (Wildman–Crippen MR) is 25.7 cm³/mol. The SMILES string of the molecule is C=C1COC(O)C1. The van der Waals surface area contributed by atoms with E-state index in [4.69, 9.17) is 9.84 Å². The third-order valence-electron chi connectivity index (χ3n) is 0.943. The summed E-state index contributed by atoms with van der Waals surface area (Å²) in [5.41, 5.74) is 0.979. The van der Waals surface area contributed by atoms with E-state index in [9.17, 15) is 0 Å². The van der Waals surface area contributed by atoms with Crippen LogP contribution in [0.3, 0.4) is 0 Å². The minimum Gasteiger partial charge on any atom is -0.368 e. The van der Waals surface area contributed by atoms with Gasteiger partial charge in [-0.3, -0.25) is 0 Å². The van der Waals surface area contributed by atoms with Gasteiger partial charge in [0.2, 0.25) is 0 Å². The van der Waals surface area contributed by atoms with Crippen molar-refractivity contribution in [2.75, 3.05) is 6.61 Å². The normalized spacial score (nSPS) is 31.6. The summed E-state index contributed by atoms with van der Waals surface area (Å²) in [4.78, 5) is 0. The molecule has 1 saturated heterocycles. The molecule has 1 heterocycles. The van der Waals surface area contributed by atoms with Crippen LogP contribution < -0.4 is 0 Å². The zero-order valence-electron chi connectivity index (χ0n) is 4.05. The molecule has 0 spiro atoms. The van der Waals surface area contributed by atoms with Crippen molar-refractivity contribution >= 4 is 0 Å². The molecule has 1 aliphatic heterocycles. The van der Waals surface area contributed by atoms with Crippen LogP contribution in [-0.2, 0) is 4.74 Å². The summed E-state index contributed by atoms with van der Waals surface area (Å²) in [5.74, 6) is 0. The van der Waals surface area contributed by atoms with Gasteiger partial charge in [0.25, 0.3) is 0 Å². The second kappa shape index (κ2) is 1.64. The van der Waals surface area contributed by atoms with Crippen molar-refractivity contribution in [1.29, 1.82) is 0 Å². The molecule has 1 rings (SSSR count). The Morgan fingerprint density at radius 3 is 2.71 bits per heavy atom. The van der Waals surface area contributed by atoms with E-state index in [-0.39, 0.29) is 0 Å². The molecule has 0 aromatic rings.